The first-order valence-electron chi connectivity index (χ1n) is 6.23. The van der Waals surface area contributed by atoms with Gasteiger partial charge in [0.1, 0.15) is 0 Å². The Balaban J connectivity index is 2.46. The average Bonchev–Trinajstić information content (AvgIpc) is 2.46. The summed E-state index contributed by atoms with van der Waals surface area (Å²) in [7, 11) is 2.04. The molecule has 0 radical (unpaired) electrons. The molecule has 1 aliphatic heterocycles. The number of rotatable bonds is 5. The van der Waals surface area contributed by atoms with Crippen molar-refractivity contribution in [3.8, 4) is 0 Å². The molecule has 1 aliphatic rings. The summed E-state index contributed by atoms with van der Waals surface area (Å²) in [4.78, 5) is 0. The van der Waals surface area contributed by atoms with E-state index in [4.69, 9.17) is 4.74 Å². The van der Waals surface area contributed by atoms with Crippen molar-refractivity contribution < 1.29 is 4.74 Å². The minimum atomic E-state index is 0.110. The fourth-order valence-corrected chi connectivity index (χ4v) is 2.54. The van der Waals surface area contributed by atoms with Crippen molar-refractivity contribution >= 4 is 0 Å². The minimum absolute atomic E-state index is 0.110. The molecule has 0 amide bonds. The Morgan fingerprint density at radius 2 is 2.13 bits per heavy atom. The molecule has 1 heterocycles. The lowest BCUT2D eigenvalue weighted by Crippen LogP contribution is -2.33. The SMILES string of the molecule is CCC(C)(CNC)CC1CCC(C)(C)O1. The van der Waals surface area contributed by atoms with Gasteiger partial charge in [0.2, 0.25) is 0 Å². The predicted octanol–water partition coefficient (Wildman–Crippen LogP) is 2.97. The van der Waals surface area contributed by atoms with E-state index >= 15 is 0 Å². The van der Waals surface area contributed by atoms with E-state index in [9.17, 15) is 0 Å². The molecule has 2 nitrogen and oxygen atoms in total. The van der Waals surface area contributed by atoms with Crippen LogP contribution in [0, 0.1) is 5.41 Å². The molecule has 1 N–H and O–H groups in total. The van der Waals surface area contributed by atoms with Crippen LogP contribution >= 0.6 is 0 Å². The minimum Gasteiger partial charge on any atom is -0.372 e. The fourth-order valence-electron chi connectivity index (χ4n) is 2.54. The highest BCUT2D eigenvalue weighted by Crippen LogP contribution is 2.37. The largest absolute Gasteiger partial charge is 0.372 e. The summed E-state index contributed by atoms with van der Waals surface area (Å²) in [6.45, 7) is 10.1. The molecular weight excluding hydrogens is 186 g/mol. The predicted molar refractivity (Wildman–Crippen MR) is 65.1 cm³/mol. The summed E-state index contributed by atoms with van der Waals surface area (Å²) in [6, 6.07) is 0. The third kappa shape index (κ3) is 3.76. The second-order valence-corrected chi connectivity index (χ2v) is 5.94. The zero-order valence-electron chi connectivity index (χ0n) is 11.0. The third-order valence-electron chi connectivity index (χ3n) is 3.73. The molecule has 2 heteroatoms. The number of hydrogen-bond acceptors (Lipinski definition) is 2. The van der Waals surface area contributed by atoms with E-state index in [1.54, 1.807) is 0 Å². The van der Waals surface area contributed by atoms with Gasteiger partial charge in [-0.2, -0.15) is 0 Å². The van der Waals surface area contributed by atoms with Crippen molar-refractivity contribution in [3.63, 3.8) is 0 Å². The molecule has 0 bridgehead atoms. The molecule has 0 saturated carbocycles. The van der Waals surface area contributed by atoms with Crippen LogP contribution in [0.1, 0.15) is 53.4 Å². The van der Waals surface area contributed by atoms with Gasteiger partial charge in [-0.15, -0.1) is 0 Å². The molecule has 0 aliphatic carbocycles. The summed E-state index contributed by atoms with van der Waals surface area (Å²) >= 11 is 0. The van der Waals surface area contributed by atoms with E-state index in [1.807, 2.05) is 7.05 Å². The molecule has 1 saturated heterocycles. The summed E-state index contributed by atoms with van der Waals surface area (Å²) in [6.07, 6.45) is 5.31. The molecule has 2 unspecified atom stereocenters. The first-order chi connectivity index (χ1) is 6.91. The maximum atomic E-state index is 6.06. The molecule has 0 aromatic heterocycles. The van der Waals surface area contributed by atoms with Gasteiger partial charge in [-0.1, -0.05) is 13.8 Å². The number of hydrogen-bond donors (Lipinski definition) is 1. The van der Waals surface area contributed by atoms with Crippen LogP contribution in [0.3, 0.4) is 0 Å². The lowest BCUT2D eigenvalue weighted by atomic mass is 9.81. The molecule has 0 aromatic rings. The maximum Gasteiger partial charge on any atom is 0.0631 e. The van der Waals surface area contributed by atoms with Crippen LogP contribution < -0.4 is 5.32 Å². The third-order valence-corrected chi connectivity index (χ3v) is 3.73. The molecule has 90 valence electrons. The highest BCUT2D eigenvalue weighted by Gasteiger charge is 2.35. The van der Waals surface area contributed by atoms with E-state index < -0.39 is 0 Å². The molecule has 0 spiro atoms. The highest BCUT2D eigenvalue weighted by atomic mass is 16.5. The maximum absolute atomic E-state index is 6.06. The van der Waals surface area contributed by atoms with Gasteiger partial charge in [0, 0.05) is 6.54 Å². The van der Waals surface area contributed by atoms with E-state index in [0.29, 0.717) is 11.5 Å². The summed E-state index contributed by atoms with van der Waals surface area (Å²) in [5.74, 6) is 0. The van der Waals surface area contributed by atoms with Gasteiger partial charge in [0.25, 0.3) is 0 Å². The summed E-state index contributed by atoms with van der Waals surface area (Å²) in [5.41, 5.74) is 0.499. The van der Waals surface area contributed by atoms with Crippen molar-refractivity contribution in [3.05, 3.63) is 0 Å². The topological polar surface area (TPSA) is 21.3 Å². The van der Waals surface area contributed by atoms with Crippen LogP contribution in [-0.2, 0) is 4.74 Å². The van der Waals surface area contributed by atoms with Crippen molar-refractivity contribution in [1.29, 1.82) is 0 Å². The lowest BCUT2D eigenvalue weighted by molar-refractivity contribution is -0.0339. The highest BCUT2D eigenvalue weighted by molar-refractivity contribution is 4.86. The first kappa shape index (κ1) is 13.0. The van der Waals surface area contributed by atoms with Gasteiger partial charge < -0.3 is 10.1 Å². The van der Waals surface area contributed by atoms with Gasteiger partial charge in [-0.25, -0.2) is 0 Å². The Morgan fingerprint density at radius 1 is 1.47 bits per heavy atom. The monoisotopic (exact) mass is 213 g/mol. The molecular formula is C13H27NO. The molecule has 2 atom stereocenters. The van der Waals surface area contributed by atoms with Gasteiger partial charge in [-0.05, 0) is 52.0 Å². The first-order valence-corrected chi connectivity index (χ1v) is 6.23. The van der Waals surface area contributed by atoms with Gasteiger partial charge in [-0.3, -0.25) is 0 Å². The van der Waals surface area contributed by atoms with Crippen molar-refractivity contribution in [2.45, 2.75) is 65.1 Å². The molecule has 1 fully saturated rings. The molecule has 0 aromatic carbocycles. The van der Waals surface area contributed by atoms with Crippen molar-refractivity contribution in [1.82, 2.24) is 5.32 Å². The Kier molecular flexibility index (Phi) is 4.19. The molecule has 15 heavy (non-hydrogen) atoms. The lowest BCUT2D eigenvalue weighted by Gasteiger charge is -2.31. The fraction of sp³-hybridized carbons (Fsp3) is 1.00. The smallest absolute Gasteiger partial charge is 0.0631 e. The van der Waals surface area contributed by atoms with E-state index in [-0.39, 0.29) is 5.60 Å². The average molecular weight is 213 g/mol. The van der Waals surface area contributed by atoms with Gasteiger partial charge >= 0.3 is 0 Å². The second-order valence-electron chi connectivity index (χ2n) is 5.94. The van der Waals surface area contributed by atoms with Crippen LogP contribution in [-0.4, -0.2) is 25.3 Å². The Morgan fingerprint density at radius 3 is 2.53 bits per heavy atom. The van der Waals surface area contributed by atoms with Crippen molar-refractivity contribution in [2.24, 2.45) is 5.41 Å². The Hall–Kier alpha value is -0.0800. The van der Waals surface area contributed by atoms with E-state index in [1.165, 1.54) is 25.7 Å². The van der Waals surface area contributed by atoms with Crippen LogP contribution in [0.25, 0.3) is 0 Å². The van der Waals surface area contributed by atoms with E-state index in [2.05, 4.69) is 33.0 Å². The summed E-state index contributed by atoms with van der Waals surface area (Å²) < 4.78 is 6.06. The normalized spacial score (nSPS) is 29.0. The quantitative estimate of drug-likeness (QED) is 0.758. The standard InChI is InChI=1S/C13H27NO/c1-6-13(4,10-14-5)9-11-7-8-12(2,3)15-11/h11,14H,6-10H2,1-5H3. The summed E-state index contributed by atoms with van der Waals surface area (Å²) in [5, 5.41) is 3.30. The zero-order valence-corrected chi connectivity index (χ0v) is 11.0. The van der Waals surface area contributed by atoms with Crippen LogP contribution in [0.5, 0.6) is 0 Å². The van der Waals surface area contributed by atoms with Crippen LogP contribution in [0.2, 0.25) is 0 Å². The van der Waals surface area contributed by atoms with Crippen molar-refractivity contribution in [2.75, 3.05) is 13.6 Å². The second kappa shape index (κ2) is 4.84. The number of ether oxygens (including phenoxy) is 1. The van der Waals surface area contributed by atoms with Gasteiger partial charge in [0.05, 0.1) is 11.7 Å². The van der Waals surface area contributed by atoms with Gasteiger partial charge in [0.15, 0.2) is 0 Å². The molecule has 1 rings (SSSR count). The van der Waals surface area contributed by atoms with E-state index in [0.717, 1.165) is 6.54 Å². The number of nitrogens with one attached hydrogen (secondary N) is 1. The Labute approximate surface area is 94.8 Å². The zero-order chi connectivity index (χ0) is 11.5. The Bertz CT molecular complexity index is 203. The van der Waals surface area contributed by atoms with Crippen LogP contribution in [0.4, 0.5) is 0 Å². The van der Waals surface area contributed by atoms with Crippen LogP contribution in [0.15, 0.2) is 0 Å².